The van der Waals surface area contributed by atoms with Gasteiger partial charge in [0.2, 0.25) is 5.91 Å². The molecule has 0 unspecified atom stereocenters. The molecule has 3 N–H and O–H groups in total. The molecule has 6 nitrogen and oxygen atoms in total. The number of nitrogens with one attached hydrogen (secondary N) is 1. The first-order valence-electron chi connectivity index (χ1n) is 7.30. The van der Waals surface area contributed by atoms with Crippen LogP contribution < -0.4 is 15.8 Å². The molecule has 1 heterocycles. The summed E-state index contributed by atoms with van der Waals surface area (Å²) in [5.41, 5.74) is 6.97. The lowest BCUT2D eigenvalue weighted by Crippen LogP contribution is -2.48. The van der Waals surface area contributed by atoms with Crippen molar-refractivity contribution in [1.82, 2.24) is 9.80 Å². The topological polar surface area (TPSA) is 70.8 Å². The Morgan fingerprint density at radius 1 is 1.29 bits per heavy atom. The van der Waals surface area contributed by atoms with Gasteiger partial charge in [0.15, 0.2) is 0 Å². The molecule has 1 amide bonds. The second kappa shape index (κ2) is 7.28. The zero-order chi connectivity index (χ0) is 15.2. The van der Waals surface area contributed by atoms with Crippen molar-refractivity contribution >= 4 is 17.3 Å². The zero-order valence-electron chi connectivity index (χ0n) is 12.8. The highest BCUT2D eigenvalue weighted by Gasteiger charge is 2.18. The molecular formula is C15H24N4O2. The van der Waals surface area contributed by atoms with Crippen LogP contribution in [0.5, 0.6) is 5.75 Å². The number of nitrogens with two attached hydrogens (primary N) is 1. The Balaban J connectivity index is 1.89. The van der Waals surface area contributed by atoms with Gasteiger partial charge >= 0.3 is 0 Å². The van der Waals surface area contributed by atoms with Gasteiger partial charge in [-0.3, -0.25) is 9.69 Å². The average molecular weight is 292 g/mol. The number of carbonyl (C=O) groups excluding carboxylic acids is 1. The van der Waals surface area contributed by atoms with Crippen molar-refractivity contribution in [2.24, 2.45) is 0 Å². The summed E-state index contributed by atoms with van der Waals surface area (Å²) in [5.74, 6) is 0.581. The summed E-state index contributed by atoms with van der Waals surface area (Å²) in [6.07, 6.45) is 0. The molecule has 1 aromatic carbocycles. The van der Waals surface area contributed by atoms with Gasteiger partial charge in [-0.05, 0) is 24.7 Å². The number of nitrogen functional groups attached to an aromatic ring is 1. The van der Waals surface area contributed by atoms with Crippen LogP contribution in [0.3, 0.4) is 0 Å². The predicted octanol–water partition coefficient (Wildman–Crippen LogP) is 0.853. The van der Waals surface area contributed by atoms with Crippen LogP contribution in [0.4, 0.5) is 11.4 Å². The van der Waals surface area contributed by atoms with Gasteiger partial charge in [-0.25, -0.2) is 0 Å². The summed E-state index contributed by atoms with van der Waals surface area (Å²) < 4.78 is 5.23. The minimum absolute atomic E-state index is 0.0381. The number of hydrogen-bond donors (Lipinski definition) is 2. The summed E-state index contributed by atoms with van der Waals surface area (Å²) in [6, 6.07) is 5.22. The number of benzene rings is 1. The maximum absolute atomic E-state index is 12.1. The molecule has 1 saturated heterocycles. The molecule has 116 valence electrons. The van der Waals surface area contributed by atoms with Crippen LogP contribution in [0.1, 0.15) is 6.92 Å². The van der Waals surface area contributed by atoms with Crippen molar-refractivity contribution < 1.29 is 9.53 Å². The van der Waals surface area contributed by atoms with E-state index in [1.54, 1.807) is 25.3 Å². The average Bonchev–Trinajstić information content (AvgIpc) is 2.48. The monoisotopic (exact) mass is 292 g/mol. The predicted molar refractivity (Wildman–Crippen MR) is 84.6 cm³/mol. The number of rotatable bonds is 5. The van der Waals surface area contributed by atoms with Crippen LogP contribution in [-0.4, -0.2) is 62.1 Å². The Bertz CT molecular complexity index is 485. The first-order valence-corrected chi connectivity index (χ1v) is 7.30. The van der Waals surface area contributed by atoms with Gasteiger partial charge < -0.3 is 20.7 Å². The number of carbonyl (C=O) groups is 1. The molecule has 6 heteroatoms. The first kappa shape index (κ1) is 15.6. The van der Waals surface area contributed by atoms with Crippen molar-refractivity contribution in [3.05, 3.63) is 18.2 Å². The lowest BCUT2D eigenvalue weighted by atomic mass is 10.2. The Morgan fingerprint density at radius 3 is 2.57 bits per heavy atom. The lowest BCUT2D eigenvalue weighted by molar-refractivity contribution is -0.117. The molecule has 0 aromatic heterocycles. The fourth-order valence-corrected chi connectivity index (χ4v) is 2.48. The minimum atomic E-state index is -0.0381. The molecule has 0 saturated carbocycles. The number of hydrogen-bond acceptors (Lipinski definition) is 5. The number of anilines is 2. The van der Waals surface area contributed by atoms with Crippen LogP contribution in [0, 0.1) is 0 Å². The van der Waals surface area contributed by atoms with E-state index in [1.165, 1.54) is 0 Å². The largest absolute Gasteiger partial charge is 0.495 e. The van der Waals surface area contributed by atoms with E-state index in [2.05, 4.69) is 22.0 Å². The number of piperazine rings is 1. The number of nitrogens with zero attached hydrogens (tertiary/aromatic N) is 2. The van der Waals surface area contributed by atoms with Gasteiger partial charge in [0.1, 0.15) is 5.75 Å². The highest BCUT2D eigenvalue weighted by molar-refractivity contribution is 5.94. The molecular weight excluding hydrogens is 268 g/mol. The first-order chi connectivity index (χ1) is 10.1. The number of methoxy groups -OCH3 is 1. The Kier molecular flexibility index (Phi) is 5.41. The van der Waals surface area contributed by atoms with Crippen LogP contribution in [0.2, 0.25) is 0 Å². The van der Waals surface area contributed by atoms with Crippen molar-refractivity contribution in [2.75, 3.05) is 57.4 Å². The molecule has 1 aromatic rings. The van der Waals surface area contributed by atoms with Crippen molar-refractivity contribution in [1.29, 1.82) is 0 Å². The van der Waals surface area contributed by atoms with E-state index in [4.69, 9.17) is 10.5 Å². The summed E-state index contributed by atoms with van der Waals surface area (Å²) in [5, 5.41) is 2.88. The molecule has 1 aliphatic rings. The van der Waals surface area contributed by atoms with Gasteiger partial charge in [-0.2, -0.15) is 0 Å². The molecule has 21 heavy (non-hydrogen) atoms. The molecule has 1 aliphatic heterocycles. The van der Waals surface area contributed by atoms with Gasteiger partial charge in [-0.15, -0.1) is 0 Å². The highest BCUT2D eigenvalue weighted by atomic mass is 16.5. The number of likely N-dealkylation sites (N-methyl/N-ethyl adjacent to an activating group) is 1. The number of amides is 1. The van der Waals surface area contributed by atoms with Crippen molar-refractivity contribution in [3.8, 4) is 5.75 Å². The SMILES string of the molecule is CCN1CCN(CC(=O)Nc2cc(N)ccc2OC)CC1. The summed E-state index contributed by atoms with van der Waals surface area (Å²) >= 11 is 0. The molecule has 1 fully saturated rings. The maximum Gasteiger partial charge on any atom is 0.238 e. The van der Waals surface area contributed by atoms with Crippen LogP contribution in [0.25, 0.3) is 0 Å². The third kappa shape index (κ3) is 4.34. The highest BCUT2D eigenvalue weighted by Crippen LogP contribution is 2.26. The number of ether oxygens (including phenoxy) is 1. The van der Waals surface area contributed by atoms with E-state index in [-0.39, 0.29) is 5.91 Å². The van der Waals surface area contributed by atoms with Crippen molar-refractivity contribution in [3.63, 3.8) is 0 Å². The Labute approximate surface area is 125 Å². The lowest BCUT2D eigenvalue weighted by Gasteiger charge is -2.33. The van der Waals surface area contributed by atoms with E-state index < -0.39 is 0 Å². The summed E-state index contributed by atoms with van der Waals surface area (Å²) in [7, 11) is 1.57. The molecule has 0 radical (unpaired) electrons. The van der Waals surface area contributed by atoms with Gasteiger partial charge in [0, 0.05) is 31.9 Å². The third-order valence-electron chi connectivity index (χ3n) is 3.78. The minimum Gasteiger partial charge on any atom is -0.495 e. The molecule has 0 spiro atoms. The van der Waals surface area contributed by atoms with Gasteiger partial charge in [-0.1, -0.05) is 6.92 Å². The van der Waals surface area contributed by atoms with Gasteiger partial charge in [0.05, 0.1) is 19.3 Å². The molecule has 0 bridgehead atoms. The van der Waals surface area contributed by atoms with Crippen LogP contribution >= 0.6 is 0 Å². The maximum atomic E-state index is 12.1. The van der Waals surface area contributed by atoms with E-state index in [0.717, 1.165) is 32.7 Å². The Hall–Kier alpha value is -1.79. The summed E-state index contributed by atoms with van der Waals surface area (Å²) in [6.45, 7) is 7.52. The third-order valence-corrected chi connectivity index (χ3v) is 3.78. The van der Waals surface area contributed by atoms with Crippen LogP contribution in [-0.2, 0) is 4.79 Å². The van der Waals surface area contributed by atoms with E-state index >= 15 is 0 Å². The van der Waals surface area contributed by atoms with Crippen molar-refractivity contribution in [2.45, 2.75) is 6.92 Å². The van der Waals surface area contributed by atoms with Gasteiger partial charge in [0.25, 0.3) is 0 Å². The smallest absolute Gasteiger partial charge is 0.238 e. The summed E-state index contributed by atoms with van der Waals surface area (Å²) in [4.78, 5) is 16.7. The fourth-order valence-electron chi connectivity index (χ4n) is 2.48. The van der Waals surface area contributed by atoms with E-state index in [1.807, 2.05) is 0 Å². The van der Waals surface area contributed by atoms with E-state index in [9.17, 15) is 4.79 Å². The Morgan fingerprint density at radius 2 is 1.95 bits per heavy atom. The zero-order valence-corrected chi connectivity index (χ0v) is 12.8. The second-order valence-electron chi connectivity index (χ2n) is 5.22. The molecule has 0 aliphatic carbocycles. The normalized spacial score (nSPS) is 16.7. The van der Waals surface area contributed by atoms with Crippen LogP contribution in [0.15, 0.2) is 18.2 Å². The molecule has 2 rings (SSSR count). The fraction of sp³-hybridized carbons (Fsp3) is 0.533. The standard InChI is InChI=1S/C15H24N4O2/c1-3-18-6-8-19(9-7-18)11-15(20)17-13-10-12(16)4-5-14(13)21-2/h4-5,10H,3,6-9,11,16H2,1-2H3,(H,17,20). The molecule has 0 atom stereocenters. The quantitative estimate of drug-likeness (QED) is 0.788. The second-order valence-corrected chi connectivity index (χ2v) is 5.22. The van der Waals surface area contributed by atoms with E-state index in [0.29, 0.717) is 23.7 Å².